The van der Waals surface area contributed by atoms with Gasteiger partial charge in [0.05, 0.1) is 27.5 Å². The fourth-order valence-electron chi connectivity index (χ4n) is 14.4. The molecule has 0 aliphatic heterocycles. The summed E-state index contributed by atoms with van der Waals surface area (Å²) < 4.78 is 4.83. The zero-order valence-electron chi connectivity index (χ0n) is 47.7. The number of aromatic nitrogens is 2. The average molecular weight is 1110 g/mol. The van der Waals surface area contributed by atoms with Crippen molar-refractivity contribution in [2.24, 2.45) is 0 Å². The Morgan fingerprint density at radius 2 is 0.540 bits per heavy atom. The first kappa shape index (κ1) is 50.2. The largest absolute Gasteiger partial charge is 0.309 e. The van der Waals surface area contributed by atoms with Gasteiger partial charge in [0.2, 0.25) is 0 Å². The minimum absolute atomic E-state index is 0.415. The molecule has 0 unspecified atom stereocenters. The number of hydrogen-bond acceptors (Lipinski definition) is 0. The van der Waals surface area contributed by atoms with E-state index in [2.05, 4.69) is 349 Å². The fraction of sp³-hybridized carbons (Fsp3) is 0.0118. The second-order valence-corrected chi connectivity index (χ2v) is 23.1. The van der Waals surface area contributed by atoms with Gasteiger partial charge < -0.3 is 9.13 Å². The fourth-order valence-corrected chi connectivity index (χ4v) is 14.4. The molecule has 0 atom stereocenters. The highest BCUT2D eigenvalue weighted by atomic mass is 15.0. The predicted octanol–water partition coefficient (Wildman–Crippen LogP) is 22.2. The number of benzene rings is 14. The third-order valence-electron chi connectivity index (χ3n) is 18.5. The third kappa shape index (κ3) is 8.17. The molecule has 0 spiro atoms. The molecular formula is C85H56N2. The average Bonchev–Trinajstić information content (AvgIpc) is 1.66. The van der Waals surface area contributed by atoms with E-state index in [1.165, 1.54) is 144 Å². The van der Waals surface area contributed by atoms with Gasteiger partial charge in [0.15, 0.2) is 0 Å². The van der Waals surface area contributed by atoms with Gasteiger partial charge in [-0.2, -0.15) is 0 Å². The van der Waals surface area contributed by atoms with Gasteiger partial charge >= 0.3 is 0 Å². The van der Waals surface area contributed by atoms with E-state index in [4.69, 9.17) is 0 Å². The Morgan fingerprint density at radius 3 is 1.10 bits per heavy atom. The Hall–Kier alpha value is -11.3. The van der Waals surface area contributed by atoms with Crippen LogP contribution in [0.5, 0.6) is 0 Å². The standard InChI is InChI=1S/C85H56N2/c1-3-19-57(20-4-1)64-23-18-26-70(54-64)87-82-36-16-12-32-76(82)78-56-66(46-52-84(78)87)65-45-51-83-77(55-65)75-31-11-15-35-81(75)86(83)69-49-43-61(44-50-69)72-28-8-7-27-71(72)60-39-37-58(38-40-60)62-21-17-22-63(53-62)59-41-47-68(48-42-59)85(67-24-5-2-6-25-67)79-33-13-9-29-73(79)74-30-10-14-34-80(74)85/h1-56H. The van der Waals surface area contributed by atoms with Gasteiger partial charge in [-0.3, -0.25) is 0 Å². The number of para-hydroxylation sites is 2. The van der Waals surface area contributed by atoms with Crippen molar-refractivity contribution in [3.63, 3.8) is 0 Å². The van der Waals surface area contributed by atoms with Gasteiger partial charge in [-0.15, -0.1) is 0 Å². The van der Waals surface area contributed by atoms with Crippen molar-refractivity contribution in [3.05, 3.63) is 362 Å². The SMILES string of the molecule is c1ccc(-c2cccc(-n3c4ccccc4c4cc(-c5ccc6c(c5)c5ccccc5n6-c5ccc(-c6ccccc6-c6ccc(-c7cccc(-c8ccc(C9(c%10ccccc%10)c%10ccccc%10-c%10ccccc%109)cc8)c7)cc6)cc5)ccc43)c2)cc1. The molecular weight excluding hydrogens is 1050 g/mol. The molecule has 0 saturated heterocycles. The maximum atomic E-state index is 2.42. The van der Waals surface area contributed by atoms with Gasteiger partial charge in [-0.05, 0) is 167 Å². The van der Waals surface area contributed by atoms with Crippen LogP contribution in [0, 0.1) is 0 Å². The summed E-state index contributed by atoms with van der Waals surface area (Å²) >= 11 is 0. The van der Waals surface area contributed by atoms with Crippen LogP contribution >= 0.6 is 0 Å². The van der Waals surface area contributed by atoms with E-state index in [0.29, 0.717) is 0 Å². The van der Waals surface area contributed by atoms with Crippen LogP contribution in [0.3, 0.4) is 0 Å². The first-order valence-electron chi connectivity index (χ1n) is 30.1. The molecule has 0 fully saturated rings. The van der Waals surface area contributed by atoms with Crippen LogP contribution in [-0.2, 0) is 5.41 Å². The quantitative estimate of drug-likeness (QED) is 0.129. The predicted molar refractivity (Wildman–Crippen MR) is 365 cm³/mol. The zero-order valence-corrected chi connectivity index (χ0v) is 47.7. The topological polar surface area (TPSA) is 9.86 Å². The molecule has 2 heteroatoms. The van der Waals surface area contributed by atoms with Crippen molar-refractivity contribution in [3.8, 4) is 89.3 Å². The Balaban J connectivity index is 0.654. The van der Waals surface area contributed by atoms with E-state index in [1.54, 1.807) is 0 Å². The first-order valence-corrected chi connectivity index (χ1v) is 30.1. The second kappa shape index (κ2) is 20.5. The molecule has 0 saturated carbocycles. The maximum Gasteiger partial charge on any atom is 0.0713 e. The normalized spacial score (nSPS) is 12.5. The van der Waals surface area contributed by atoms with E-state index in [0.717, 1.165) is 11.4 Å². The van der Waals surface area contributed by atoms with Gasteiger partial charge in [0.1, 0.15) is 0 Å². The molecule has 406 valence electrons. The molecule has 0 amide bonds. The second-order valence-electron chi connectivity index (χ2n) is 23.1. The summed E-state index contributed by atoms with van der Waals surface area (Å²) in [4.78, 5) is 0. The highest BCUT2D eigenvalue weighted by molar-refractivity contribution is 6.13. The smallest absolute Gasteiger partial charge is 0.0713 e. The lowest BCUT2D eigenvalue weighted by Crippen LogP contribution is -2.28. The summed E-state index contributed by atoms with van der Waals surface area (Å²) in [6, 6.07) is 125. The molecule has 2 aromatic heterocycles. The van der Waals surface area contributed by atoms with Gasteiger partial charge in [0, 0.05) is 32.9 Å². The van der Waals surface area contributed by atoms with Crippen LogP contribution in [0.1, 0.15) is 22.3 Å². The van der Waals surface area contributed by atoms with Crippen LogP contribution in [0.15, 0.2) is 340 Å². The number of rotatable bonds is 10. The lowest BCUT2D eigenvalue weighted by Gasteiger charge is -2.34. The van der Waals surface area contributed by atoms with Crippen LogP contribution in [0.2, 0.25) is 0 Å². The van der Waals surface area contributed by atoms with Gasteiger partial charge in [-0.25, -0.2) is 0 Å². The monoisotopic (exact) mass is 1100 g/mol. The Kier molecular flexibility index (Phi) is 11.8. The number of fused-ring (bicyclic) bond motifs is 9. The molecule has 87 heavy (non-hydrogen) atoms. The van der Waals surface area contributed by atoms with Crippen LogP contribution < -0.4 is 0 Å². The third-order valence-corrected chi connectivity index (χ3v) is 18.5. The lowest BCUT2D eigenvalue weighted by molar-refractivity contribution is 0.768. The summed E-state index contributed by atoms with van der Waals surface area (Å²) in [6.45, 7) is 0. The van der Waals surface area contributed by atoms with E-state index in [1.807, 2.05) is 0 Å². The van der Waals surface area contributed by atoms with Crippen molar-refractivity contribution in [1.29, 1.82) is 0 Å². The van der Waals surface area contributed by atoms with E-state index in [-0.39, 0.29) is 0 Å². The summed E-state index contributed by atoms with van der Waals surface area (Å²) in [7, 11) is 0. The van der Waals surface area contributed by atoms with Crippen LogP contribution in [0.25, 0.3) is 133 Å². The number of hydrogen-bond donors (Lipinski definition) is 0. The highest BCUT2D eigenvalue weighted by Crippen LogP contribution is 2.56. The van der Waals surface area contributed by atoms with Crippen LogP contribution in [0.4, 0.5) is 0 Å². The minimum Gasteiger partial charge on any atom is -0.309 e. The number of nitrogens with zero attached hydrogens (tertiary/aromatic N) is 2. The highest BCUT2D eigenvalue weighted by Gasteiger charge is 2.45. The van der Waals surface area contributed by atoms with Crippen molar-refractivity contribution >= 4 is 43.6 Å². The molecule has 14 aromatic carbocycles. The molecule has 1 aliphatic carbocycles. The lowest BCUT2D eigenvalue weighted by atomic mass is 9.67. The Morgan fingerprint density at radius 1 is 0.184 bits per heavy atom. The van der Waals surface area contributed by atoms with Crippen molar-refractivity contribution < 1.29 is 0 Å². The van der Waals surface area contributed by atoms with Gasteiger partial charge in [-0.1, -0.05) is 273 Å². The molecule has 16 aromatic rings. The summed E-state index contributed by atoms with van der Waals surface area (Å²) in [5.41, 5.74) is 28.8. The molecule has 17 rings (SSSR count). The van der Waals surface area contributed by atoms with E-state index < -0.39 is 5.41 Å². The summed E-state index contributed by atoms with van der Waals surface area (Å²) in [6.07, 6.45) is 0. The molecule has 0 N–H and O–H groups in total. The molecule has 0 radical (unpaired) electrons. The minimum atomic E-state index is -0.415. The summed E-state index contributed by atoms with van der Waals surface area (Å²) in [5.74, 6) is 0. The van der Waals surface area contributed by atoms with Crippen molar-refractivity contribution in [1.82, 2.24) is 9.13 Å². The summed E-state index contributed by atoms with van der Waals surface area (Å²) in [5, 5.41) is 4.95. The zero-order chi connectivity index (χ0) is 57.4. The van der Waals surface area contributed by atoms with E-state index >= 15 is 0 Å². The molecule has 0 bridgehead atoms. The molecule has 1 aliphatic rings. The molecule has 2 heterocycles. The van der Waals surface area contributed by atoms with Crippen LogP contribution in [-0.4, -0.2) is 9.13 Å². The molecule has 2 nitrogen and oxygen atoms in total. The maximum absolute atomic E-state index is 2.42. The van der Waals surface area contributed by atoms with Crippen molar-refractivity contribution in [2.75, 3.05) is 0 Å². The Bertz CT molecular complexity index is 5250. The van der Waals surface area contributed by atoms with Crippen molar-refractivity contribution in [2.45, 2.75) is 5.41 Å². The first-order chi connectivity index (χ1) is 43.1. The Labute approximate surface area is 506 Å². The van der Waals surface area contributed by atoms with E-state index in [9.17, 15) is 0 Å². The van der Waals surface area contributed by atoms with Gasteiger partial charge in [0.25, 0.3) is 0 Å².